The van der Waals surface area contributed by atoms with E-state index in [-0.39, 0.29) is 17.5 Å². The number of hydrogen-bond acceptors (Lipinski definition) is 8. The third kappa shape index (κ3) is 5.64. The number of hydrogen-bond donors (Lipinski definition) is 2. The molecule has 2 N–H and O–H groups in total. The largest absolute Gasteiger partial charge is 0.508 e. The number of allylic oxidation sites excluding steroid dienone is 3. The van der Waals surface area contributed by atoms with Gasteiger partial charge in [0.05, 0.1) is 19.8 Å². The lowest BCUT2D eigenvalue weighted by molar-refractivity contribution is -0.138. The molecule has 4 rings (SSSR count). The number of esters is 1. The zero-order valence-electron chi connectivity index (χ0n) is 21.6. The summed E-state index contributed by atoms with van der Waals surface area (Å²) in [6.07, 6.45) is 0.887. The summed E-state index contributed by atoms with van der Waals surface area (Å²) in [4.78, 5) is 27.0. The molecule has 0 fully saturated rings. The van der Waals surface area contributed by atoms with Gasteiger partial charge in [-0.1, -0.05) is 25.1 Å². The van der Waals surface area contributed by atoms with Gasteiger partial charge in [0.1, 0.15) is 12.4 Å². The van der Waals surface area contributed by atoms with Crippen LogP contribution in [0.1, 0.15) is 49.7 Å². The lowest BCUT2D eigenvalue weighted by Crippen LogP contribution is -2.36. The molecule has 0 bridgehead atoms. The average Bonchev–Trinajstić information content (AvgIpc) is 2.89. The highest BCUT2D eigenvalue weighted by Crippen LogP contribution is 2.46. The summed E-state index contributed by atoms with van der Waals surface area (Å²) in [5.41, 5.74) is 4.07. The van der Waals surface area contributed by atoms with E-state index < -0.39 is 11.9 Å². The molecular formula is C29H33NO6S. The Bertz CT molecular complexity index is 1250. The maximum atomic E-state index is 13.7. The Balaban J connectivity index is 1.71. The molecule has 2 aromatic carbocycles. The van der Waals surface area contributed by atoms with Gasteiger partial charge in [0.15, 0.2) is 17.3 Å². The first kappa shape index (κ1) is 26.7. The monoisotopic (exact) mass is 523 g/mol. The van der Waals surface area contributed by atoms with Crippen LogP contribution in [-0.4, -0.2) is 49.2 Å². The second kappa shape index (κ2) is 11.8. The average molecular weight is 524 g/mol. The van der Waals surface area contributed by atoms with E-state index >= 15 is 0 Å². The number of phenols is 1. The maximum absolute atomic E-state index is 13.7. The molecule has 0 spiro atoms. The van der Waals surface area contributed by atoms with Crippen molar-refractivity contribution in [2.45, 2.75) is 38.5 Å². The van der Waals surface area contributed by atoms with Crippen LogP contribution in [0.25, 0.3) is 0 Å². The van der Waals surface area contributed by atoms with Crippen LogP contribution < -0.4 is 14.8 Å². The quantitative estimate of drug-likeness (QED) is 0.348. The number of carbonyl (C=O) groups excluding carboxylic acids is 2. The Kier molecular flexibility index (Phi) is 8.48. The predicted octanol–water partition coefficient (Wildman–Crippen LogP) is 5.07. The third-order valence-electron chi connectivity index (χ3n) is 6.79. The van der Waals surface area contributed by atoms with Crippen LogP contribution >= 0.6 is 11.8 Å². The van der Waals surface area contributed by atoms with E-state index in [2.05, 4.69) is 12.2 Å². The van der Waals surface area contributed by atoms with Crippen LogP contribution in [0, 0.1) is 0 Å². The molecule has 0 radical (unpaired) electrons. The van der Waals surface area contributed by atoms with Crippen molar-refractivity contribution >= 4 is 23.5 Å². The predicted molar refractivity (Wildman–Crippen MR) is 144 cm³/mol. The Morgan fingerprint density at radius 1 is 1.08 bits per heavy atom. The molecular weight excluding hydrogens is 490 g/mol. The number of carbonyl (C=O) groups is 2. The maximum Gasteiger partial charge on any atom is 0.336 e. The fraction of sp³-hybridized carbons (Fsp3) is 0.379. The number of dihydropyridines is 1. The second-order valence-corrected chi connectivity index (χ2v) is 10.5. The Labute approximate surface area is 221 Å². The number of nitrogens with one attached hydrogen (secondary N) is 1. The lowest BCUT2D eigenvalue weighted by atomic mass is 9.71. The number of methoxy groups -OCH3 is 2. The molecule has 0 unspecified atom stereocenters. The highest BCUT2D eigenvalue weighted by Gasteiger charge is 2.41. The van der Waals surface area contributed by atoms with Gasteiger partial charge < -0.3 is 24.6 Å². The van der Waals surface area contributed by atoms with E-state index in [1.165, 1.54) is 0 Å². The molecule has 37 heavy (non-hydrogen) atoms. The summed E-state index contributed by atoms with van der Waals surface area (Å²) in [7, 11) is 3.18. The first-order chi connectivity index (χ1) is 17.9. The lowest BCUT2D eigenvalue weighted by Gasteiger charge is -2.36. The highest BCUT2D eigenvalue weighted by atomic mass is 32.2. The first-order valence-electron chi connectivity index (χ1n) is 12.4. The van der Waals surface area contributed by atoms with E-state index in [4.69, 9.17) is 14.2 Å². The minimum absolute atomic E-state index is 0.0405. The molecule has 1 heterocycles. The van der Waals surface area contributed by atoms with Gasteiger partial charge in [-0.2, -0.15) is 11.8 Å². The minimum atomic E-state index is -0.617. The smallest absolute Gasteiger partial charge is 0.336 e. The normalized spacial score (nSPS) is 19.3. The van der Waals surface area contributed by atoms with Gasteiger partial charge in [0.2, 0.25) is 0 Å². The standard InChI is InChI=1S/C29H33NO6S/c1-5-37-12-11-36-29(33)26-17(2)30-22-14-20(18-9-10-24(34-3)25(16-18)35-4)15-23(32)28(22)27(26)19-7-6-8-21(31)13-19/h6-10,13,16,20,27,30-31H,5,11-12,14-15H2,1-4H3/t20-,27+/m1/s1. The van der Waals surface area contributed by atoms with E-state index in [1.807, 2.05) is 31.2 Å². The van der Waals surface area contributed by atoms with E-state index in [0.717, 1.165) is 17.0 Å². The summed E-state index contributed by atoms with van der Waals surface area (Å²) >= 11 is 1.70. The summed E-state index contributed by atoms with van der Waals surface area (Å²) in [5, 5.41) is 13.6. The van der Waals surface area contributed by atoms with Gasteiger partial charge in [-0.05, 0) is 60.4 Å². The fourth-order valence-corrected chi connectivity index (χ4v) is 5.59. The summed E-state index contributed by atoms with van der Waals surface area (Å²) in [5.74, 6) is 1.81. The van der Waals surface area contributed by atoms with Gasteiger partial charge in [-0.3, -0.25) is 4.79 Å². The molecule has 2 aliphatic rings. The van der Waals surface area contributed by atoms with Crippen molar-refractivity contribution in [2.24, 2.45) is 0 Å². The number of rotatable bonds is 9. The molecule has 0 amide bonds. The SMILES string of the molecule is CCSCCOC(=O)C1=C(C)NC2=C(C(=O)C[C@H](c3ccc(OC)c(OC)c3)C2)[C@H]1c1cccc(O)c1. The Hall–Kier alpha value is -3.39. The number of ether oxygens (including phenoxy) is 3. The number of thioether (sulfide) groups is 1. The van der Waals surface area contributed by atoms with E-state index in [9.17, 15) is 14.7 Å². The highest BCUT2D eigenvalue weighted by molar-refractivity contribution is 7.99. The molecule has 0 saturated carbocycles. The molecule has 0 saturated heterocycles. The van der Waals surface area contributed by atoms with Crippen LogP contribution in [0.3, 0.4) is 0 Å². The van der Waals surface area contributed by atoms with Crippen LogP contribution in [-0.2, 0) is 14.3 Å². The summed E-state index contributed by atoms with van der Waals surface area (Å²) in [6, 6.07) is 12.5. The van der Waals surface area contributed by atoms with Crippen molar-refractivity contribution in [1.29, 1.82) is 0 Å². The minimum Gasteiger partial charge on any atom is -0.508 e. The van der Waals surface area contributed by atoms with Crippen LogP contribution in [0.4, 0.5) is 0 Å². The van der Waals surface area contributed by atoms with E-state index in [1.54, 1.807) is 44.2 Å². The van der Waals surface area contributed by atoms with Gasteiger partial charge in [0.25, 0.3) is 0 Å². The van der Waals surface area contributed by atoms with Crippen molar-refractivity contribution in [2.75, 3.05) is 32.3 Å². The molecule has 7 nitrogen and oxygen atoms in total. The zero-order chi connectivity index (χ0) is 26.5. The first-order valence-corrected chi connectivity index (χ1v) is 13.5. The van der Waals surface area contributed by atoms with Gasteiger partial charge in [0, 0.05) is 35.1 Å². The van der Waals surface area contributed by atoms with Crippen molar-refractivity contribution in [3.05, 3.63) is 76.1 Å². The molecule has 1 aliphatic carbocycles. The molecule has 2 atom stereocenters. The van der Waals surface area contributed by atoms with Gasteiger partial charge >= 0.3 is 5.97 Å². The molecule has 1 aliphatic heterocycles. The Morgan fingerprint density at radius 2 is 1.86 bits per heavy atom. The number of Topliss-reactive ketones (excluding diaryl/α,β-unsaturated/α-hetero) is 1. The molecule has 2 aromatic rings. The van der Waals surface area contributed by atoms with Crippen molar-refractivity contribution in [3.63, 3.8) is 0 Å². The van der Waals surface area contributed by atoms with Crippen LogP contribution in [0.15, 0.2) is 65.0 Å². The number of benzene rings is 2. The topological polar surface area (TPSA) is 94.1 Å². The Morgan fingerprint density at radius 3 is 2.57 bits per heavy atom. The molecule has 0 aromatic heterocycles. The number of phenolic OH excluding ortho intramolecular Hbond substituents is 1. The fourth-order valence-electron chi connectivity index (χ4n) is 5.11. The summed E-state index contributed by atoms with van der Waals surface area (Å²) < 4.78 is 16.4. The third-order valence-corrected chi connectivity index (χ3v) is 7.66. The van der Waals surface area contributed by atoms with E-state index in [0.29, 0.717) is 59.1 Å². The van der Waals surface area contributed by atoms with Crippen molar-refractivity contribution in [3.8, 4) is 17.2 Å². The van der Waals surface area contributed by atoms with Crippen LogP contribution in [0.2, 0.25) is 0 Å². The van der Waals surface area contributed by atoms with Gasteiger partial charge in [-0.15, -0.1) is 0 Å². The van der Waals surface area contributed by atoms with Crippen molar-refractivity contribution < 1.29 is 28.9 Å². The zero-order valence-corrected chi connectivity index (χ0v) is 22.4. The second-order valence-electron chi connectivity index (χ2n) is 9.06. The van der Waals surface area contributed by atoms with Crippen molar-refractivity contribution in [1.82, 2.24) is 5.32 Å². The number of ketones is 1. The number of aromatic hydroxyl groups is 1. The van der Waals surface area contributed by atoms with Gasteiger partial charge in [-0.25, -0.2) is 4.79 Å². The molecule has 196 valence electrons. The summed E-state index contributed by atoms with van der Waals surface area (Å²) in [6.45, 7) is 4.18. The molecule has 8 heteroatoms. The van der Waals surface area contributed by atoms with Crippen LogP contribution in [0.5, 0.6) is 17.2 Å².